The van der Waals surface area contributed by atoms with Crippen LogP contribution in [0.4, 0.5) is 0 Å². The lowest BCUT2D eigenvalue weighted by atomic mass is 10.1. The fourth-order valence-electron chi connectivity index (χ4n) is 5.66. The molecule has 0 fully saturated rings. The Balaban J connectivity index is 3.89. The van der Waals surface area contributed by atoms with E-state index in [1.165, 1.54) is 109 Å². The Kier molecular flexibility index (Phi) is 35.2. The van der Waals surface area contributed by atoms with Gasteiger partial charge in [0, 0.05) is 12.8 Å². The van der Waals surface area contributed by atoms with E-state index in [4.69, 9.17) is 19.3 Å². The van der Waals surface area contributed by atoms with Gasteiger partial charge in [0.05, 0.1) is 6.61 Å². The molecule has 0 saturated carbocycles. The number of unbranched alkanes of at least 4 members (excludes halogenated alkanes) is 23. The Bertz CT molecular complexity index is 853. The number of carbonyl (C=O) groups is 2. The lowest BCUT2D eigenvalue weighted by Gasteiger charge is -2.18. The molecule has 8 nitrogen and oxygen atoms in total. The maximum Gasteiger partial charge on any atom is 0.469 e. The van der Waals surface area contributed by atoms with Crippen LogP contribution >= 0.6 is 7.82 Å². The molecule has 2 N–H and O–H groups in total. The van der Waals surface area contributed by atoms with Crippen molar-refractivity contribution in [3.8, 4) is 0 Å². The van der Waals surface area contributed by atoms with Gasteiger partial charge in [-0.05, 0) is 64.2 Å². The highest BCUT2D eigenvalue weighted by atomic mass is 31.2. The van der Waals surface area contributed by atoms with Crippen molar-refractivity contribution in [3.63, 3.8) is 0 Å². The van der Waals surface area contributed by atoms with E-state index in [-0.39, 0.29) is 19.4 Å². The third kappa shape index (κ3) is 39.2. The fourth-order valence-corrected chi connectivity index (χ4v) is 6.02. The molecular formula is C40H75O8P. The highest BCUT2D eigenvalue weighted by molar-refractivity contribution is 7.46. The minimum absolute atomic E-state index is 0.203. The van der Waals surface area contributed by atoms with Crippen molar-refractivity contribution in [2.24, 2.45) is 0 Å². The number of hydrogen-bond acceptors (Lipinski definition) is 6. The molecule has 0 bridgehead atoms. The Hall–Kier alpha value is -1.47. The predicted molar refractivity (Wildman–Crippen MR) is 202 cm³/mol. The fraction of sp³-hybridized carbons (Fsp3) is 0.850. The molecule has 0 amide bonds. The molecule has 0 aliphatic rings. The van der Waals surface area contributed by atoms with Crippen molar-refractivity contribution in [1.29, 1.82) is 0 Å². The van der Waals surface area contributed by atoms with Crippen LogP contribution in [0.25, 0.3) is 0 Å². The van der Waals surface area contributed by atoms with E-state index in [2.05, 4.69) is 42.7 Å². The standard InChI is InChI=1S/C40H75O8P/c1-3-5-7-9-11-13-15-17-18-19-20-21-22-23-25-26-28-30-32-34-39(41)46-36-38(37-47-49(43,44)45)48-40(42)35-33-31-29-27-24-16-14-12-10-8-6-4-2/h12,14,17-18,38H,3-11,13,15-16,19-37H2,1-2H3,(H2,43,44,45)/b14-12+,18-17+/t38-/m1/s1. The highest BCUT2D eigenvalue weighted by Gasteiger charge is 2.22. The van der Waals surface area contributed by atoms with Gasteiger partial charge in [-0.15, -0.1) is 0 Å². The summed E-state index contributed by atoms with van der Waals surface area (Å²) in [5.74, 6) is -0.893. The van der Waals surface area contributed by atoms with E-state index in [9.17, 15) is 14.2 Å². The zero-order chi connectivity index (χ0) is 36.1. The molecule has 288 valence electrons. The molecule has 0 saturated heterocycles. The molecule has 9 heteroatoms. The number of rotatable bonds is 37. The molecule has 0 aliphatic heterocycles. The van der Waals surface area contributed by atoms with Crippen LogP contribution in [-0.4, -0.2) is 41.0 Å². The van der Waals surface area contributed by atoms with Crippen molar-refractivity contribution < 1.29 is 37.9 Å². The third-order valence-corrected chi connectivity index (χ3v) is 9.18. The number of allylic oxidation sites excluding steroid dienone is 4. The number of carbonyl (C=O) groups excluding carboxylic acids is 2. The van der Waals surface area contributed by atoms with Crippen LogP contribution in [0.2, 0.25) is 0 Å². The summed E-state index contributed by atoms with van der Waals surface area (Å²) in [4.78, 5) is 42.7. The molecule has 0 aromatic carbocycles. The first-order valence-electron chi connectivity index (χ1n) is 20.1. The van der Waals surface area contributed by atoms with Gasteiger partial charge in [-0.3, -0.25) is 14.1 Å². The SMILES string of the molecule is CCCCC/C=C/CCCCCCCC(=O)O[C@H](COC(=O)CCCCCCCCCCC/C=C/CCCCCCCC)COP(=O)(O)O. The lowest BCUT2D eigenvalue weighted by molar-refractivity contribution is -0.161. The van der Waals surface area contributed by atoms with Gasteiger partial charge in [0.25, 0.3) is 0 Å². The summed E-state index contributed by atoms with van der Waals surface area (Å²) in [5.41, 5.74) is 0. The van der Waals surface area contributed by atoms with Gasteiger partial charge >= 0.3 is 19.8 Å². The zero-order valence-corrected chi connectivity index (χ0v) is 32.5. The molecule has 0 aliphatic carbocycles. The molecule has 0 heterocycles. The third-order valence-electron chi connectivity index (χ3n) is 8.69. The van der Waals surface area contributed by atoms with Crippen LogP contribution in [0, 0.1) is 0 Å². The van der Waals surface area contributed by atoms with Gasteiger partial charge in [-0.25, -0.2) is 4.57 Å². The average molecular weight is 715 g/mol. The second-order valence-electron chi connectivity index (χ2n) is 13.6. The number of esters is 2. The number of phosphoric acid groups is 1. The Labute approximate surface area is 300 Å². The lowest BCUT2D eigenvalue weighted by Crippen LogP contribution is -2.29. The second kappa shape index (κ2) is 36.3. The van der Waals surface area contributed by atoms with E-state index in [1.807, 2.05) is 0 Å². The van der Waals surface area contributed by atoms with Crippen molar-refractivity contribution in [2.75, 3.05) is 13.2 Å². The van der Waals surface area contributed by atoms with Crippen LogP contribution in [0.5, 0.6) is 0 Å². The molecule has 0 aromatic heterocycles. The highest BCUT2D eigenvalue weighted by Crippen LogP contribution is 2.36. The first-order valence-corrected chi connectivity index (χ1v) is 21.7. The van der Waals surface area contributed by atoms with Crippen LogP contribution in [0.15, 0.2) is 24.3 Å². The van der Waals surface area contributed by atoms with Crippen LogP contribution < -0.4 is 0 Å². The van der Waals surface area contributed by atoms with Gasteiger partial charge in [0.2, 0.25) is 0 Å². The molecule has 0 spiro atoms. The van der Waals surface area contributed by atoms with E-state index >= 15 is 0 Å². The normalized spacial score (nSPS) is 12.7. The summed E-state index contributed by atoms with van der Waals surface area (Å²) in [5, 5.41) is 0. The second-order valence-corrected chi connectivity index (χ2v) is 14.8. The summed E-state index contributed by atoms with van der Waals surface area (Å²) < 4.78 is 26.3. The summed E-state index contributed by atoms with van der Waals surface area (Å²) in [6.45, 7) is 3.65. The van der Waals surface area contributed by atoms with Crippen molar-refractivity contribution in [3.05, 3.63) is 24.3 Å². The van der Waals surface area contributed by atoms with Gasteiger partial charge < -0.3 is 19.3 Å². The molecule has 1 atom stereocenters. The van der Waals surface area contributed by atoms with Crippen molar-refractivity contribution >= 4 is 19.8 Å². The van der Waals surface area contributed by atoms with Gasteiger partial charge in [-0.1, -0.05) is 147 Å². The van der Waals surface area contributed by atoms with Gasteiger partial charge in [0.15, 0.2) is 6.10 Å². The summed E-state index contributed by atoms with van der Waals surface area (Å²) in [6.07, 6.45) is 40.4. The van der Waals surface area contributed by atoms with Gasteiger partial charge in [0.1, 0.15) is 6.61 Å². The summed E-state index contributed by atoms with van der Waals surface area (Å²) in [6, 6.07) is 0. The average Bonchev–Trinajstić information content (AvgIpc) is 3.07. The maximum absolute atomic E-state index is 12.3. The number of ether oxygens (including phenoxy) is 2. The largest absolute Gasteiger partial charge is 0.469 e. The van der Waals surface area contributed by atoms with Crippen LogP contribution in [-0.2, 0) is 28.2 Å². The minimum Gasteiger partial charge on any atom is -0.462 e. The van der Waals surface area contributed by atoms with E-state index in [0.717, 1.165) is 57.8 Å². The topological polar surface area (TPSA) is 119 Å². The molecule has 0 rings (SSSR count). The van der Waals surface area contributed by atoms with Crippen molar-refractivity contribution in [1.82, 2.24) is 0 Å². The van der Waals surface area contributed by atoms with Crippen LogP contribution in [0.1, 0.15) is 200 Å². The van der Waals surface area contributed by atoms with Crippen LogP contribution in [0.3, 0.4) is 0 Å². The quantitative estimate of drug-likeness (QED) is 0.0282. The van der Waals surface area contributed by atoms with E-state index in [1.54, 1.807) is 0 Å². The molecule has 0 aromatic rings. The predicted octanol–water partition coefficient (Wildman–Crippen LogP) is 12.0. The summed E-state index contributed by atoms with van der Waals surface area (Å²) in [7, 11) is -4.75. The number of hydrogen-bond donors (Lipinski definition) is 2. The monoisotopic (exact) mass is 715 g/mol. The molecule has 0 radical (unpaired) electrons. The number of phosphoric ester groups is 1. The Morgan fingerprint density at radius 3 is 1.29 bits per heavy atom. The first kappa shape index (κ1) is 47.5. The van der Waals surface area contributed by atoms with Crippen molar-refractivity contribution in [2.45, 2.75) is 206 Å². The Morgan fingerprint density at radius 2 is 0.857 bits per heavy atom. The smallest absolute Gasteiger partial charge is 0.462 e. The van der Waals surface area contributed by atoms with Gasteiger partial charge in [-0.2, -0.15) is 0 Å². The summed E-state index contributed by atoms with van der Waals surface area (Å²) >= 11 is 0. The Morgan fingerprint density at radius 1 is 0.510 bits per heavy atom. The molecule has 49 heavy (non-hydrogen) atoms. The van der Waals surface area contributed by atoms with E-state index in [0.29, 0.717) is 6.42 Å². The minimum atomic E-state index is -4.75. The zero-order valence-electron chi connectivity index (χ0n) is 31.6. The maximum atomic E-state index is 12.3. The first-order chi connectivity index (χ1) is 23.8. The molecule has 0 unspecified atom stereocenters. The molecular weight excluding hydrogens is 639 g/mol. The van der Waals surface area contributed by atoms with E-state index < -0.39 is 32.5 Å².